The highest BCUT2D eigenvalue weighted by atomic mass is 16.5. The Hall–Kier alpha value is -3.49. The third kappa shape index (κ3) is 2.80. The molecule has 0 aromatic heterocycles. The Kier molecular flexibility index (Phi) is 5.36. The van der Waals surface area contributed by atoms with E-state index < -0.39 is 40.3 Å². The molecule has 0 fully saturated rings. The highest BCUT2D eigenvalue weighted by Crippen LogP contribution is 2.57. The monoisotopic (exact) mass is 437 g/mol. The molecule has 0 spiro atoms. The molecule has 1 heterocycles. The maximum Gasteiger partial charge on any atom is 0.355 e. The minimum Gasteiger partial charge on any atom is -0.462 e. The van der Waals surface area contributed by atoms with Gasteiger partial charge in [-0.3, -0.25) is 4.79 Å². The van der Waals surface area contributed by atoms with Crippen molar-refractivity contribution in [3.05, 3.63) is 82.6 Å². The standard InChI is InChI=1S/C24H23NO7/c1-3-31-21(27)18-19(22(28)32-4-2)25(14-15-10-6-5-7-11-15)24(30)17-13-9-8-12-16(17)20(26)23(18,24)29/h5-13,29-30H,3-4,14H2,1-2H3/t23-,24+/m0/s1. The molecular weight excluding hydrogens is 414 g/mol. The molecule has 166 valence electrons. The molecule has 2 N–H and O–H groups in total. The summed E-state index contributed by atoms with van der Waals surface area (Å²) in [6.07, 6.45) is 0. The Morgan fingerprint density at radius 2 is 1.50 bits per heavy atom. The number of rotatable bonds is 6. The van der Waals surface area contributed by atoms with Crippen LogP contribution in [0.15, 0.2) is 65.9 Å². The summed E-state index contributed by atoms with van der Waals surface area (Å²) in [5.74, 6) is -2.92. The minimum atomic E-state index is -2.75. The third-order valence-electron chi connectivity index (χ3n) is 5.77. The van der Waals surface area contributed by atoms with Crippen LogP contribution in [0, 0.1) is 0 Å². The molecule has 1 aliphatic heterocycles. The van der Waals surface area contributed by atoms with E-state index in [2.05, 4.69) is 0 Å². The van der Waals surface area contributed by atoms with Crippen molar-refractivity contribution in [1.82, 2.24) is 4.90 Å². The van der Waals surface area contributed by atoms with Crippen LogP contribution in [-0.4, -0.2) is 51.6 Å². The summed E-state index contributed by atoms with van der Waals surface area (Å²) in [6.45, 7) is 2.98. The summed E-state index contributed by atoms with van der Waals surface area (Å²) in [7, 11) is 0. The average Bonchev–Trinajstić information content (AvgIpc) is 3.10. The number of ketones is 1. The Morgan fingerprint density at radius 1 is 0.906 bits per heavy atom. The van der Waals surface area contributed by atoms with Crippen LogP contribution in [0.5, 0.6) is 0 Å². The normalized spacial score (nSPS) is 23.8. The molecule has 0 saturated heterocycles. The lowest BCUT2D eigenvalue weighted by molar-refractivity contribution is -0.181. The van der Waals surface area contributed by atoms with Crippen LogP contribution in [0.25, 0.3) is 0 Å². The van der Waals surface area contributed by atoms with Crippen molar-refractivity contribution in [1.29, 1.82) is 0 Å². The van der Waals surface area contributed by atoms with Crippen LogP contribution in [-0.2, 0) is 31.3 Å². The lowest BCUT2D eigenvalue weighted by Crippen LogP contribution is -2.57. The molecule has 4 rings (SSSR count). The predicted molar refractivity (Wildman–Crippen MR) is 112 cm³/mol. The smallest absolute Gasteiger partial charge is 0.355 e. The molecule has 0 saturated carbocycles. The molecule has 8 nitrogen and oxygen atoms in total. The molecule has 2 atom stereocenters. The second-order valence-corrected chi connectivity index (χ2v) is 7.49. The number of hydrogen-bond acceptors (Lipinski definition) is 8. The van der Waals surface area contributed by atoms with E-state index in [-0.39, 0.29) is 30.9 Å². The van der Waals surface area contributed by atoms with E-state index in [9.17, 15) is 24.6 Å². The van der Waals surface area contributed by atoms with Gasteiger partial charge in [0.25, 0.3) is 0 Å². The fraction of sp³-hybridized carbons (Fsp3) is 0.292. The summed E-state index contributed by atoms with van der Waals surface area (Å²) in [6, 6.07) is 15.0. The van der Waals surface area contributed by atoms with Gasteiger partial charge < -0.3 is 24.6 Å². The maximum absolute atomic E-state index is 13.4. The van der Waals surface area contributed by atoms with Gasteiger partial charge in [-0.25, -0.2) is 9.59 Å². The van der Waals surface area contributed by atoms with E-state index in [4.69, 9.17) is 9.47 Å². The number of ether oxygens (including phenoxy) is 2. The summed E-state index contributed by atoms with van der Waals surface area (Å²) >= 11 is 0. The number of carbonyl (C=O) groups excluding carboxylic acids is 3. The van der Waals surface area contributed by atoms with E-state index in [1.54, 1.807) is 56.3 Å². The first-order chi connectivity index (χ1) is 15.3. The lowest BCUT2D eigenvalue weighted by Gasteiger charge is -2.39. The first-order valence-corrected chi connectivity index (χ1v) is 10.3. The van der Waals surface area contributed by atoms with Crippen LogP contribution >= 0.6 is 0 Å². The quantitative estimate of drug-likeness (QED) is 0.656. The topological polar surface area (TPSA) is 113 Å². The van der Waals surface area contributed by atoms with Crippen molar-refractivity contribution in [3.8, 4) is 0 Å². The van der Waals surface area contributed by atoms with E-state index >= 15 is 0 Å². The van der Waals surface area contributed by atoms with Crippen molar-refractivity contribution < 1.29 is 34.1 Å². The Labute approximate surface area is 184 Å². The van der Waals surface area contributed by atoms with Gasteiger partial charge >= 0.3 is 11.9 Å². The van der Waals surface area contributed by atoms with Gasteiger partial charge in [0.05, 0.1) is 13.2 Å². The van der Waals surface area contributed by atoms with Crippen molar-refractivity contribution >= 4 is 17.7 Å². The zero-order valence-electron chi connectivity index (χ0n) is 17.7. The summed E-state index contributed by atoms with van der Waals surface area (Å²) in [4.78, 5) is 40.6. The summed E-state index contributed by atoms with van der Waals surface area (Å²) < 4.78 is 10.2. The number of fused-ring (bicyclic) bond motifs is 3. The second-order valence-electron chi connectivity index (χ2n) is 7.49. The van der Waals surface area contributed by atoms with Crippen LogP contribution in [0.4, 0.5) is 0 Å². The van der Waals surface area contributed by atoms with E-state index in [0.29, 0.717) is 5.56 Å². The first kappa shape index (κ1) is 21.7. The largest absolute Gasteiger partial charge is 0.462 e. The fourth-order valence-electron chi connectivity index (χ4n) is 4.45. The minimum absolute atomic E-state index is 0.0149. The predicted octanol–water partition coefficient (Wildman–Crippen LogP) is 1.66. The van der Waals surface area contributed by atoms with Gasteiger partial charge in [-0.05, 0) is 19.4 Å². The zero-order valence-corrected chi connectivity index (χ0v) is 17.7. The summed E-state index contributed by atoms with van der Waals surface area (Å²) in [5.41, 5.74) is -5.38. The van der Waals surface area contributed by atoms with Gasteiger partial charge in [-0.1, -0.05) is 54.6 Å². The molecule has 0 amide bonds. The van der Waals surface area contributed by atoms with Crippen molar-refractivity contribution in [2.45, 2.75) is 31.7 Å². The number of benzene rings is 2. The fourth-order valence-corrected chi connectivity index (χ4v) is 4.45. The number of aliphatic hydroxyl groups is 2. The van der Waals surface area contributed by atoms with Gasteiger partial charge in [-0.2, -0.15) is 0 Å². The molecule has 0 radical (unpaired) electrons. The second kappa shape index (κ2) is 7.89. The average molecular weight is 437 g/mol. The molecule has 1 aliphatic carbocycles. The van der Waals surface area contributed by atoms with E-state index in [0.717, 1.165) is 4.90 Å². The Morgan fingerprint density at radius 3 is 2.16 bits per heavy atom. The number of hydrogen-bond donors (Lipinski definition) is 2. The SMILES string of the molecule is CCOC(=O)C1=C(C(=O)OCC)[C@]2(O)C(=O)c3ccccc3[C@]2(O)N1Cc1ccccc1. The van der Waals surface area contributed by atoms with Gasteiger partial charge in [0.2, 0.25) is 17.1 Å². The van der Waals surface area contributed by atoms with E-state index in [1.807, 2.05) is 0 Å². The Balaban J connectivity index is 2.02. The van der Waals surface area contributed by atoms with Crippen molar-refractivity contribution in [2.75, 3.05) is 13.2 Å². The van der Waals surface area contributed by atoms with Gasteiger partial charge in [0, 0.05) is 17.7 Å². The molecule has 0 unspecified atom stereocenters. The molecule has 2 aromatic rings. The Bertz CT molecular complexity index is 1130. The van der Waals surface area contributed by atoms with Gasteiger partial charge in [0.1, 0.15) is 11.3 Å². The molecule has 32 heavy (non-hydrogen) atoms. The highest BCUT2D eigenvalue weighted by molar-refractivity contribution is 6.18. The van der Waals surface area contributed by atoms with Crippen LogP contribution < -0.4 is 0 Å². The zero-order chi connectivity index (χ0) is 23.1. The van der Waals surface area contributed by atoms with Gasteiger partial charge in [-0.15, -0.1) is 0 Å². The van der Waals surface area contributed by atoms with Crippen LogP contribution in [0.2, 0.25) is 0 Å². The van der Waals surface area contributed by atoms with E-state index in [1.165, 1.54) is 12.1 Å². The number of nitrogens with zero attached hydrogens (tertiary/aromatic N) is 1. The third-order valence-corrected chi connectivity index (χ3v) is 5.77. The first-order valence-electron chi connectivity index (χ1n) is 10.3. The molecule has 8 heteroatoms. The van der Waals surface area contributed by atoms with Crippen LogP contribution in [0.1, 0.15) is 35.3 Å². The number of carbonyl (C=O) groups is 3. The molecule has 0 bridgehead atoms. The maximum atomic E-state index is 13.4. The van der Waals surface area contributed by atoms with Crippen molar-refractivity contribution in [3.63, 3.8) is 0 Å². The number of Topliss-reactive ketones (excluding diaryl/α,β-unsaturated/α-hetero) is 1. The van der Waals surface area contributed by atoms with Crippen LogP contribution in [0.3, 0.4) is 0 Å². The molecule has 2 aromatic carbocycles. The molecule has 2 aliphatic rings. The number of esters is 2. The van der Waals surface area contributed by atoms with Crippen molar-refractivity contribution in [2.24, 2.45) is 0 Å². The highest BCUT2D eigenvalue weighted by Gasteiger charge is 2.74. The lowest BCUT2D eigenvalue weighted by atomic mass is 9.85. The molecular formula is C24H23NO7. The van der Waals surface area contributed by atoms with Gasteiger partial charge in [0.15, 0.2) is 0 Å². The summed E-state index contributed by atoms with van der Waals surface area (Å²) in [5, 5.41) is 23.8.